The van der Waals surface area contributed by atoms with E-state index in [0.717, 1.165) is 5.56 Å². The van der Waals surface area contributed by atoms with Crippen molar-refractivity contribution in [3.05, 3.63) is 29.3 Å². The molecule has 0 amide bonds. The van der Waals surface area contributed by atoms with Gasteiger partial charge in [-0.2, -0.15) is 5.26 Å². The second-order valence-corrected chi connectivity index (χ2v) is 6.07. The topological polar surface area (TPSA) is 78.2 Å². The summed E-state index contributed by atoms with van der Waals surface area (Å²) >= 11 is 0. The first-order valence-electron chi connectivity index (χ1n) is 5.22. The molecule has 1 atom stereocenters. The zero-order valence-corrected chi connectivity index (χ0v) is 10.7. The van der Waals surface area contributed by atoms with Gasteiger partial charge in [-0.05, 0) is 31.0 Å². The summed E-state index contributed by atoms with van der Waals surface area (Å²) in [6.07, 6.45) is -1.31. The number of aryl methyl sites for hydroxylation is 2. The number of benzene rings is 1. The maximum Gasteiger partial charge on any atom is 0.181 e. The van der Waals surface area contributed by atoms with Crippen molar-refractivity contribution in [2.45, 2.75) is 31.3 Å². The van der Waals surface area contributed by atoms with Crippen LogP contribution in [-0.4, -0.2) is 25.4 Å². The Hall–Kier alpha value is -1.38. The monoisotopic (exact) mass is 253 g/mol. The molecule has 0 aliphatic rings. The Morgan fingerprint density at radius 1 is 1.41 bits per heavy atom. The van der Waals surface area contributed by atoms with Crippen LogP contribution in [0.5, 0.6) is 0 Å². The maximum absolute atomic E-state index is 12.0. The van der Waals surface area contributed by atoms with Crippen molar-refractivity contribution in [2.75, 3.05) is 5.75 Å². The molecular weight excluding hydrogens is 238 g/mol. The molecule has 0 aromatic heterocycles. The number of hydrogen-bond acceptors (Lipinski definition) is 4. The highest BCUT2D eigenvalue weighted by Gasteiger charge is 2.21. The van der Waals surface area contributed by atoms with E-state index < -0.39 is 21.7 Å². The first-order valence-corrected chi connectivity index (χ1v) is 6.87. The second-order valence-electron chi connectivity index (χ2n) is 4.07. The molecular formula is C12H15NO3S. The van der Waals surface area contributed by atoms with Gasteiger partial charge in [-0.15, -0.1) is 0 Å². The molecule has 0 radical (unpaired) electrons. The molecule has 0 spiro atoms. The lowest BCUT2D eigenvalue weighted by molar-refractivity contribution is 0.202. The third-order valence-electron chi connectivity index (χ3n) is 2.42. The average molecular weight is 253 g/mol. The van der Waals surface area contributed by atoms with E-state index >= 15 is 0 Å². The highest BCUT2D eigenvalue weighted by atomic mass is 32.2. The van der Waals surface area contributed by atoms with E-state index in [2.05, 4.69) is 0 Å². The average Bonchev–Trinajstić information content (AvgIpc) is 2.21. The number of nitriles is 1. The molecule has 1 aromatic carbocycles. The molecule has 0 aliphatic heterocycles. The first-order chi connectivity index (χ1) is 7.86. The minimum atomic E-state index is -3.54. The van der Waals surface area contributed by atoms with Crippen LogP contribution >= 0.6 is 0 Å². The molecule has 0 fully saturated rings. The molecule has 0 heterocycles. The lowest BCUT2D eigenvalue weighted by Crippen LogP contribution is -2.21. The van der Waals surface area contributed by atoms with Gasteiger partial charge in [0.1, 0.15) is 0 Å². The molecule has 1 rings (SSSR count). The van der Waals surface area contributed by atoms with Crippen molar-refractivity contribution >= 4 is 9.84 Å². The fourth-order valence-electron chi connectivity index (χ4n) is 1.55. The molecule has 1 N–H and O–H groups in total. The van der Waals surface area contributed by atoms with Crippen LogP contribution in [0.2, 0.25) is 0 Å². The Morgan fingerprint density at radius 3 is 2.65 bits per heavy atom. The van der Waals surface area contributed by atoms with Crippen LogP contribution in [-0.2, 0) is 9.84 Å². The van der Waals surface area contributed by atoms with Gasteiger partial charge in [0.15, 0.2) is 9.84 Å². The third kappa shape index (κ3) is 3.55. The van der Waals surface area contributed by atoms with E-state index in [9.17, 15) is 13.5 Å². The number of aliphatic hydroxyl groups excluding tert-OH is 1. The lowest BCUT2D eigenvalue weighted by atomic mass is 10.2. The summed E-state index contributed by atoms with van der Waals surface area (Å²) in [5.74, 6) is -0.412. The highest BCUT2D eigenvalue weighted by Crippen LogP contribution is 2.19. The summed E-state index contributed by atoms with van der Waals surface area (Å²) in [7, 11) is -3.54. The van der Waals surface area contributed by atoms with E-state index in [1.807, 2.05) is 13.0 Å². The number of sulfone groups is 1. The Morgan fingerprint density at radius 2 is 2.06 bits per heavy atom. The van der Waals surface area contributed by atoms with Crippen LogP contribution in [0, 0.1) is 25.2 Å². The van der Waals surface area contributed by atoms with Gasteiger partial charge in [-0.1, -0.05) is 12.1 Å². The lowest BCUT2D eigenvalue weighted by Gasteiger charge is -2.11. The number of hydrogen-bond donors (Lipinski definition) is 1. The third-order valence-corrected chi connectivity index (χ3v) is 4.35. The van der Waals surface area contributed by atoms with Crippen molar-refractivity contribution in [3.8, 4) is 6.07 Å². The van der Waals surface area contributed by atoms with E-state index in [4.69, 9.17) is 5.26 Å². The quantitative estimate of drug-likeness (QED) is 0.878. The molecule has 0 saturated carbocycles. The minimum absolute atomic E-state index is 0.176. The van der Waals surface area contributed by atoms with Crippen LogP contribution in [0.4, 0.5) is 0 Å². The maximum atomic E-state index is 12.0. The van der Waals surface area contributed by atoms with Gasteiger partial charge in [-0.3, -0.25) is 0 Å². The molecule has 4 nitrogen and oxygen atoms in total. The Labute approximate surface area is 101 Å². The fraction of sp³-hybridized carbons (Fsp3) is 0.417. The second kappa shape index (κ2) is 5.30. The SMILES string of the molecule is Cc1ccc(C)c(S(=O)(=O)CC(O)CC#N)c1. The Balaban J connectivity index is 3.06. The van der Waals surface area contributed by atoms with Gasteiger partial charge in [0.25, 0.3) is 0 Å². The number of aliphatic hydroxyl groups is 1. The van der Waals surface area contributed by atoms with Crippen molar-refractivity contribution in [1.29, 1.82) is 5.26 Å². The standard InChI is InChI=1S/C12H15NO3S/c1-9-3-4-10(2)12(7-9)17(15,16)8-11(14)5-6-13/h3-4,7,11,14H,5,8H2,1-2H3. The molecule has 17 heavy (non-hydrogen) atoms. The van der Waals surface area contributed by atoms with Crippen molar-refractivity contribution in [2.24, 2.45) is 0 Å². The van der Waals surface area contributed by atoms with E-state index in [0.29, 0.717) is 5.56 Å². The van der Waals surface area contributed by atoms with Gasteiger partial charge < -0.3 is 5.11 Å². The van der Waals surface area contributed by atoms with Crippen LogP contribution < -0.4 is 0 Å². The zero-order chi connectivity index (χ0) is 13.1. The van der Waals surface area contributed by atoms with E-state index in [-0.39, 0.29) is 11.3 Å². The van der Waals surface area contributed by atoms with Crippen LogP contribution in [0.25, 0.3) is 0 Å². The van der Waals surface area contributed by atoms with E-state index in [1.54, 1.807) is 25.1 Å². The predicted molar refractivity (Wildman–Crippen MR) is 64.2 cm³/mol. The first kappa shape index (κ1) is 13.7. The molecule has 92 valence electrons. The van der Waals surface area contributed by atoms with Gasteiger partial charge in [-0.25, -0.2) is 8.42 Å². The minimum Gasteiger partial charge on any atom is -0.391 e. The molecule has 1 aromatic rings. The Kier molecular flexibility index (Phi) is 4.27. The van der Waals surface area contributed by atoms with Crippen LogP contribution in [0.3, 0.4) is 0 Å². The predicted octanol–water partition coefficient (Wildman–Crippen LogP) is 1.35. The Bertz CT molecular complexity index is 543. The zero-order valence-electron chi connectivity index (χ0n) is 9.84. The molecule has 1 unspecified atom stereocenters. The molecule has 5 heteroatoms. The summed E-state index contributed by atoms with van der Waals surface area (Å²) < 4.78 is 24.0. The van der Waals surface area contributed by atoms with Crippen molar-refractivity contribution in [1.82, 2.24) is 0 Å². The van der Waals surface area contributed by atoms with E-state index in [1.165, 1.54) is 0 Å². The summed E-state index contributed by atoms with van der Waals surface area (Å²) in [5.41, 5.74) is 1.50. The van der Waals surface area contributed by atoms with Crippen molar-refractivity contribution < 1.29 is 13.5 Å². The fourth-order valence-corrected chi connectivity index (χ4v) is 3.28. The van der Waals surface area contributed by atoms with Gasteiger partial charge in [0.2, 0.25) is 0 Å². The van der Waals surface area contributed by atoms with Crippen molar-refractivity contribution in [3.63, 3.8) is 0 Å². The normalized spacial score (nSPS) is 13.1. The van der Waals surface area contributed by atoms with Crippen LogP contribution in [0.15, 0.2) is 23.1 Å². The van der Waals surface area contributed by atoms with Crippen LogP contribution in [0.1, 0.15) is 17.5 Å². The number of nitrogens with zero attached hydrogens (tertiary/aromatic N) is 1. The summed E-state index contributed by atoms with van der Waals surface area (Å²) in [6.45, 7) is 3.52. The summed E-state index contributed by atoms with van der Waals surface area (Å²) in [6, 6.07) is 6.91. The van der Waals surface area contributed by atoms with Gasteiger partial charge >= 0.3 is 0 Å². The molecule has 0 bridgehead atoms. The molecule has 0 aliphatic carbocycles. The van der Waals surface area contributed by atoms with Gasteiger partial charge in [0.05, 0.1) is 29.2 Å². The number of rotatable bonds is 4. The molecule has 0 saturated heterocycles. The highest BCUT2D eigenvalue weighted by molar-refractivity contribution is 7.91. The largest absolute Gasteiger partial charge is 0.391 e. The van der Waals surface area contributed by atoms with Gasteiger partial charge in [0, 0.05) is 0 Å². The summed E-state index contributed by atoms with van der Waals surface area (Å²) in [5, 5.41) is 17.8. The summed E-state index contributed by atoms with van der Waals surface area (Å²) in [4.78, 5) is 0.231. The smallest absolute Gasteiger partial charge is 0.181 e.